The third-order valence-corrected chi connectivity index (χ3v) is 2.34. The summed E-state index contributed by atoms with van der Waals surface area (Å²) in [6.07, 6.45) is 5.96. The van der Waals surface area contributed by atoms with Crippen LogP contribution >= 0.6 is 0 Å². The van der Waals surface area contributed by atoms with Crippen molar-refractivity contribution in [1.29, 1.82) is 0 Å². The van der Waals surface area contributed by atoms with Crippen LogP contribution in [0, 0.1) is 5.92 Å². The summed E-state index contributed by atoms with van der Waals surface area (Å²) in [5.74, 6) is 0.795. The van der Waals surface area contributed by atoms with E-state index >= 15 is 0 Å². The zero-order valence-electron chi connectivity index (χ0n) is 6.39. The molecule has 0 spiro atoms. The summed E-state index contributed by atoms with van der Waals surface area (Å²) in [4.78, 5) is 0. The van der Waals surface area contributed by atoms with Gasteiger partial charge in [-0.15, -0.1) is 0 Å². The minimum absolute atomic E-state index is 0.554. The van der Waals surface area contributed by atoms with Crippen LogP contribution in [0.2, 0.25) is 0 Å². The third kappa shape index (κ3) is 1.68. The van der Waals surface area contributed by atoms with Crippen molar-refractivity contribution in [1.82, 2.24) is 0 Å². The van der Waals surface area contributed by atoms with Crippen molar-refractivity contribution in [2.75, 3.05) is 7.11 Å². The summed E-state index contributed by atoms with van der Waals surface area (Å²) in [6, 6.07) is 0. The van der Waals surface area contributed by atoms with Gasteiger partial charge < -0.3 is 4.74 Å². The molecule has 1 rings (SSSR count). The first-order chi connectivity index (χ1) is 4.34. The average molecular weight is 128 g/mol. The number of hydrogen-bond acceptors (Lipinski definition) is 1. The fourth-order valence-electron chi connectivity index (χ4n) is 1.63. The highest BCUT2D eigenvalue weighted by Crippen LogP contribution is 2.25. The number of hydrogen-bond donors (Lipinski definition) is 0. The first-order valence-corrected chi connectivity index (χ1v) is 3.87. The first kappa shape index (κ1) is 7.07. The molecule has 0 aliphatic heterocycles. The van der Waals surface area contributed by atoms with Gasteiger partial charge in [-0.3, -0.25) is 0 Å². The Morgan fingerprint density at radius 3 is 2.33 bits per heavy atom. The van der Waals surface area contributed by atoms with Crippen molar-refractivity contribution in [3.8, 4) is 0 Å². The molecule has 1 fully saturated rings. The van der Waals surface area contributed by atoms with Crippen LogP contribution in [0.25, 0.3) is 0 Å². The van der Waals surface area contributed by atoms with E-state index in [1.807, 2.05) is 7.11 Å². The predicted molar refractivity (Wildman–Crippen MR) is 38.4 cm³/mol. The van der Waals surface area contributed by atoms with Crippen molar-refractivity contribution in [2.24, 2.45) is 5.92 Å². The van der Waals surface area contributed by atoms with Gasteiger partial charge in [-0.25, -0.2) is 0 Å². The van der Waals surface area contributed by atoms with Crippen molar-refractivity contribution >= 4 is 0 Å². The van der Waals surface area contributed by atoms with Crippen LogP contribution < -0.4 is 0 Å². The fourth-order valence-corrected chi connectivity index (χ4v) is 1.63. The van der Waals surface area contributed by atoms with E-state index in [0.717, 1.165) is 5.92 Å². The second-order valence-electron chi connectivity index (χ2n) is 3.04. The summed E-state index contributed by atoms with van der Waals surface area (Å²) < 4.78 is 5.30. The normalized spacial score (nSPS) is 36.7. The Labute approximate surface area is 57.4 Å². The highest BCUT2D eigenvalue weighted by Gasteiger charge is 2.19. The molecule has 0 heterocycles. The van der Waals surface area contributed by atoms with Crippen LogP contribution in [0.1, 0.15) is 32.6 Å². The number of rotatable bonds is 1. The van der Waals surface area contributed by atoms with Gasteiger partial charge in [-0.2, -0.15) is 0 Å². The SMILES string of the molecule is COC1CCCCC1C. The molecule has 1 heteroatoms. The Hall–Kier alpha value is -0.0400. The van der Waals surface area contributed by atoms with E-state index < -0.39 is 0 Å². The van der Waals surface area contributed by atoms with Gasteiger partial charge in [-0.1, -0.05) is 19.8 Å². The van der Waals surface area contributed by atoms with Crippen LogP contribution in [0.4, 0.5) is 0 Å². The average Bonchev–Trinajstić information content (AvgIpc) is 1.89. The molecule has 2 atom stereocenters. The Kier molecular flexibility index (Phi) is 2.52. The molecule has 9 heavy (non-hydrogen) atoms. The second-order valence-corrected chi connectivity index (χ2v) is 3.04. The maximum absolute atomic E-state index is 5.30. The maximum Gasteiger partial charge on any atom is 0.0596 e. The molecule has 1 saturated carbocycles. The van der Waals surface area contributed by atoms with Crippen LogP contribution in [-0.4, -0.2) is 13.2 Å². The molecule has 0 radical (unpaired) electrons. The van der Waals surface area contributed by atoms with Crippen molar-refractivity contribution in [3.63, 3.8) is 0 Å². The van der Waals surface area contributed by atoms with Gasteiger partial charge in [0.05, 0.1) is 6.10 Å². The van der Waals surface area contributed by atoms with Crippen LogP contribution in [0.5, 0.6) is 0 Å². The van der Waals surface area contributed by atoms with Crippen molar-refractivity contribution in [3.05, 3.63) is 0 Å². The van der Waals surface area contributed by atoms with Crippen LogP contribution in [-0.2, 0) is 4.74 Å². The molecule has 0 N–H and O–H groups in total. The van der Waals surface area contributed by atoms with E-state index in [1.165, 1.54) is 25.7 Å². The second kappa shape index (κ2) is 3.21. The summed E-state index contributed by atoms with van der Waals surface area (Å²) >= 11 is 0. The van der Waals surface area contributed by atoms with Crippen molar-refractivity contribution < 1.29 is 4.74 Å². The Bertz CT molecular complexity index is 80.6. The van der Waals surface area contributed by atoms with Crippen LogP contribution in [0.15, 0.2) is 0 Å². The third-order valence-electron chi connectivity index (χ3n) is 2.34. The smallest absolute Gasteiger partial charge is 0.0596 e. The largest absolute Gasteiger partial charge is 0.381 e. The van der Waals surface area contributed by atoms with Crippen molar-refractivity contribution in [2.45, 2.75) is 38.7 Å². The topological polar surface area (TPSA) is 9.23 Å². The fraction of sp³-hybridized carbons (Fsp3) is 1.00. The van der Waals surface area contributed by atoms with E-state index in [0.29, 0.717) is 6.10 Å². The quantitative estimate of drug-likeness (QED) is 0.526. The molecule has 0 amide bonds. The van der Waals surface area contributed by atoms with Gasteiger partial charge in [-0.05, 0) is 18.8 Å². The van der Waals surface area contributed by atoms with E-state index in [1.54, 1.807) is 0 Å². The standard InChI is InChI=1S/C8H16O/c1-7-5-3-4-6-8(7)9-2/h7-8H,3-6H2,1-2H3. The molecule has 1 aliphatic rings. The summed E-state index contributed by atoms with van der Waals surface area (Å²) in [7, 11) is 1.83. The zero-order valence-corrected chi connectivity index (χ0v) is 6.39. The maximum atomic E-state index is 5.30. The molecule has 0 saturated heterocycles. The van der Waals surface area contributed by atoms with E-state index in [2.05, 4.69) is 6.92 Å². The van der Waals surface area contributed by atoms with E-state index in [4.69, 9.17) is 4.74 Å². The lowest BCUT2D eigenvalue weighted by Crippen LogP contribution is -2.23. The minimum atomic E-state index is 0.554. The Morgan fingerprint density at radius 2 is 1.89 bits per heavy atom. The van der Waals surface area contributed by atoms with Gasteiger partial charge >= 0.3 is 0 Å². The molecular weight excluding hydrogens is 112 g/mol. The number of ether oxygens (including phenoxy) is 1. The monoisotopic (exact) mass is 128 g/mol. The van der Waals surface area contributed by atoms with Gasteiger partial charge in [0.15, 0.2) is 0 Å². The summed E-state index contributed by atoms with van der Waals surface area (Å²) in [5, 5.41) is 0. The molecule has 54 valence electrons. The van der Waals surface area contributed by atoms with E-state index in [-0.39, 0.29) is 0 Å². The van der Waals surface area contributed by atoms with Gasteiger partial charge in [0, 0.05) is 7.11 Å². The lowest BCUT2D eigenvalue weighted by Gasteiger charge is -2.26. The molecule has 2 unspecified atom stereocenters. The van der Waals surface area contributed by atoms with Gasteiger partial charge in [0.2, 0.25) is 0 Å². The predicted octanol–water partition coefficient (Wildman–Crippen LogP) is 2.21. The molecule has 1 aliphatic carbocycles. The Balaban J connectivity index is 2.30. The van der Waals surface area contributed by atoms with Gasteiger partial charge in [0.1, 0.15) is 0 Å². The summed E-state index contributed by atoms with van der Waals surface area (Å²) in [5.41, 5.74) is 0. The van der Waals surface area contributed by atoms with Crippen LogP contribution in [0.3, 0.4) is 0 Å². The molecule has 1 nitrogen and oxygen atoms in total. The molecule has 0 aromatic rings. The highest BCUT2D eigenvalue weighted by atomic mass is 16.5. The minimum Gasteiger partial charge on any atom is -0.381 e. The Morgan fingerprint density at radius 1 is 1.22 bits per heavy atom. The number of methoxy groups -OCH3 is 1. The lowest BCUT2D eigenvalue weighted by atomic mass is 9.88. The zero-order chi connectivity index (χ0) is 6.69. The first-order valence-electron chi connectivity index (χ1n) is 3.87. The lowest BCUT2D eigenvalue weighted by molar-refractivity contribution is 0.0310. The molecular formula is C8H16O. The highest BCUT2D eigenvalue weighted by molar-refractivity contribution is 4.71. The molecule has 0 aromatic carbocycles. The molecule has 0 bridgehead atoms. The van der Waals surface area contributed by atoms with Gasteiger partial charge in [0.25, 0.3) is 0 Å². The van der Waals surface area contributed by atoms with E-state index in [9.17, 15) is 0 Å². The summed E-state index contributed by atoms with van der Waals surface area (Å²) in [6.45, 7) is 2.29. The molecule has 0 aromatic heterocycles.